The fraction of sp³-hybridized carbons (Fsp3) is 0.391. The van der Waals surface area contributed by atoms with E-state index in [1.165, 1.54) is 12.1 Å². The fourth-order valence-electron chi connectivity index (χ4n) is 4.06. The predicted octanol–water partition coefficient (Wildman–Crippen LogP) is 4.82. The quantitative estimate of drug-likeness (QED) is 0.520. The van der Waals surface area contributed by atoms with Crippen LogP contribution in [0, 0.1) is 0 Å². The van der Waals surface area contributed by atoms with Crippen molar-refractivity contribution in [2.24, 2.45) is 0 Å². The van der Waals surface area contributed by atoms with Crippen molar-refractivity contribution in [3.63, 3.8) is 0 Å². The number of hydrogen-bond acceptors (Lipinski definition) is 5. The van der Waals surface area contributed by atoms with Crippen LogP contribution >= 0.6 is 0 Å². The number of halogens is 3. The van der Waals surface area contributed by atoms with Gasteiger partial charge in [-0.05, 0) is 55.8 Å². The third kappa shape index (κ3) is 5.21. The number of likely N-dealkylation sites (tertiary alicyclic amines) is 1. The fourth-order valence-corrected chi connectivity index (χ4v) is 4.06. The van der Waals surface area contributed by atoms with Crippen LogP contribution in [0.1, 0.15) is 41.4 Å². The van der Waals surface area contributed by atoms with Crippen LogP contribution in [0.15, 0.2) is 48.7 Å². The molecule has 1 aliphatic rings. The van der Waals surface area contributed by atoms with Gasteiger partial charge in [0.1, 0.15) is 11.6 Å². The summed E-state index contributed by atoms with van der Waals surface area (Å²) in [6.07, 6.45) is 0.182. The number of nitrogens with one attached hydrogen (secondary N) is 2. The number of pyridine rings is 1. The second kappa shape index (κ2) is 9.60. The first-order valence-electron chi connectivity index (χ1n) is 10.6. The standard InChI is InChI=1S/C23H26F3N5O/c1-27-22-16(4-2-11-28-22)15-31-12-3-5-21(31)20-14-18(29-30-20)10-13-32-19-8-6-17(7-9-19)23(24,25)26/h2,4,6-9,11,14,21H,3,5,10,12-13,15H2,1H3,(H,27,28)(H,29,30). The maximum atomic E-state index is 12.6. The largest absolute Gasteiger partial charge is 0.493 e. The number of aromatic nitrogens is 3. The van der Waals surface area contributed by atoms with E-state index in [0.717, 1.165) is 60.8 Å². The average molecular weight is 445 g/mol. The summed E-state index contributed by atoms with van der Waals surface area (Å²) < 4.78 is 43.5. The lowest BCUT2D eigenvalue weighted by atomic mass is 10.1. The van der Waals surface area contributed by atoms with Crippen LogP contribution in [0.5, 0.6) is 5.75 Å². The number of H-pyrrole nitrogens is 1. The Kier molecular flexibility index (Phi) is 6.64. The smallest absolute Gasteiger partial charge is 0.416 e. The molecule has 0 saturated carbocycles. The molecule has 0 radical (unpaired) electrons. The molecule has 3 heterocycles. The number of nitrogens with zero attached hydrogens (tertiary/aromatic N) is 3. The molecule has 1 aliphatic heterocycles. The number of aromatic amines is 1. The van der Waals surface area contributed by atoms with Crippen molar-refractivity contribution in [3.8, 4) is 5.75 Å². The molecule has 4 rings (SSSR count). The molecule has 2 aromatic heterocycles. The van der Waals surface area contributed by atoms with Crippen LogP contribution < -0.4 is 10.1 Å². The molecular weight excluding hydrogens is 419 g/mol. The van der Waals surface area contributed by atoms with Gasteiger partial charge in [0.15, 0.2) is 0 Å². The zero-order valence-electron chi connectivity index (χ0n) is 17.8. The van der Waals surface area contributed by atoms with Gasteiger partial charge in [-0.25, -0.2) is 4.98 Å². The van der Waals surface area contributed by atoms with E-state index in [-0.39, 0.29) is 6.04 Å². The lowest BCUT2D eigenvalue weighted by Gasteiger charge is -2.23. The number of anilines is 1. The van der Waals surface area contributed by atoms with Crippen molar-refractivity contribution < 1.29 is 17.9 Å². The van der Waals surface area contributed by atoms with E-state index in [0.29, 0.717) is 18.8 Å². The van der Waals surface area contributed by atoms with Crippen molar-refractivity contribution in [2.75, 3.05) is 25.5 Å². The Bertz CT molecular complexity index is 1020. The lowest BCUT2D eigenvalue weighted by molar-refractivity contribution is -0.137. The zero-order valence-corrected chi connectivity index (χ0v) is 17.8. The molecule has 0 amide bonds. The van der Waals surface area contributed by atoms with Gasteiger partial charge in [-0.15, -0.1) is 0 Å². The molecule has 6 nitrogen and oxygen atoms in total. The average Bonchev–Trinajstić information content (AvgIpc) is 3.43. The summed E-state index contributed by atoms with van der Waals surface area (Å²) in [6, 6.07) is 11.1. The third-order valence-electron chi connectivity index (χ3n) is 5.68. The summed E-state index contributed by atoms with van der Waals surface area (Å²) in [6.45, 7) is 2.15. The van der Waals surface area contributed by atoms with Crippen LogP contribution in [-0.4, -0.2) is 40.3 Å². The highest BCUT2D eigenvalue weighted by molar-refractivity contribution is 5.43. The lowest BCUT2D eigenvalue weighted by Crippen LogP contribution is -2.23. The van der Waals surface area contributed by atoms with E-state index in [4.69, 9.17) is 4.74 Å². The minimum Gasteiger partial charge on any atom is -0.493 e. The summed E-state index contributed by atoms with van der Waals surface area (Å²) in [5.41, 5.74) is 2.41. The van der Waals surface area contributed by atoms with Crippen molar-refractivity contribution in [1.82, 2.24) is 20.1 Å². The van der Waals surface area contributed by atoms with Gasteiger partial charge < -0.3 is 10.1 Å². The molecule has 3 aromatic rings. The molecule has 1 unspecified atom stereocenters. The van der Waals surface area contributed by atoms with Crippen molar-refractivity contribution in [2.45, 2.75) is 38.0 Å². The van der Waals surface area contributed by atoms with Gasteiger partial charge in [0.2, 0.25) is 0 Å². The molecule has 1 aromatic carbocycles. The number of ether oxygens (including phenoxy) is 1. The SMILES string of the molecule is CNc1ncccc1CN1CCCC1c1cc(CCOc2ccc(C(F)(F)F)cc2)[nH]n1. The normalized spacial score (nSPS) is 16.9. The second-order valence-corrected chi connectivity index (χ2v) is 7.83. The summed E-state index contributed by atoms with van der Waals surface area (Å²) >= 11 is 0. The molecule has 9 heteroatoms. The van der Waals surface area contributed by atoms with E-state index in [9.17, 15) is 13.2 Å². The molecule has 32 heavy (non-hydrogen) atoms. The Morgan fingerprint density at radius 1 is 1.22 bits per heavy atom. The van der Waals surface area contributed by atoms with Crippen LogP contribution in [0.25, 0.3) is 0 Å². The van der Waals surface area contributed by atoms with E-state index in [2.05, 4.69) is 37.5 Å². The Labute approximate surface area is 184 Å². The van der Waals surface area contributed by atoms with E-state index in [1.807, 2.05) is 13.1 Å². The van der Waals surface area contributed by atoms with Gasteiger partial charge >= 0.3 is 6.18 Å². The Morgan fingerprint density at radius 2 is 2.03 bits per heavy atom. The molecule has 0 spiro atoms. The molecule has 2 N–H and O–H groups in total. The third-order valence-corrected chi connectivity index (χ3v) is 5.68. The second-order valence-electron chi connectivity index (χ2n) is 7.83. The maximum Gasteiger partial charge on any atom is 0.416 e. The minimum atomic E-state index is -4.34. The molecule has 1 atom stereocenters. The van der Waals surface area contributed by atoms with Crippen molar-refractivity contribution >= 4 is 5.82 Å². The summed E-state index contributed by atoms with van der Waals surface area (Å²) in [7, 11) is 1.88. The maximum absolute atomic E-state index is 12.6. The van der Waals surface area contributed by atoms with Gasteiger partial charge in [0, 0.05) is 37.5 Å². The minimum absolute atomic E-state index is 0.237. The summed E-state index contributed by atoms with van der Waals surface area (Å²) in [5.74, 6) is 1.30. The first-order chi connectivity index (χ1) is 15.4. The predicted molar refractivity (Wildman–Crippen MR) is 115 cm³/mol. The topological polar surface area (TPSA) is 66.1 Å². The highest BCUT2D eigenvalue weighted by Crippen LogP contribution is 2.33. The monoisotopic (exact) mass is 445 g/mol. The van der Waals surface area contributed by atoms with Crippen LogP contribution in [0.4, 0.5) is 19.0 Å². The van der Waals surface area contributed by atoms with E-state index >= 15 is 0 Å². The van der Waals surface area contributed by atoms with Crippen LogP contribution in [-0.2, 0) is 19.1 Å². The van der Waals surface area contributed by atoms with E-state index < -0.39 is 11.7 Å². The molecular formula is C23H26F3N5O. The Morgan fingerprint density at radius 3 is 2.78 bits per heavy atom. The van der Waals surface area contributed by atoms with Crippen LogP contribution in [0.3, 0.4) is 0 Å². The van der Waals surface area contributed by atoms with Gasteiger partial charge in [0.05, 0.1) is 23.9 Å². The molecule has 1 fully saturated rings. The summed E-state index contributed by atoms with van der Waals surface area (Å²) in [5, 5.41) is 10.7. The summed E-state index contributed by atoms with van der Waals surface area (Å²) in [4.78, 5) is 6.80. The molecule has 1 saturated heterocycles. The zero-order chi connectivity index (χ0) is 22.6. The van der Waals surface area contributed by atoms with Gasteiger partial charge in [0.25, 0.3) is 0 Å². The molecule has 170 valence electrons. The molecule has 0 bridgehead atoms. The van der Waals surface area contributed by atoms with Gasteiger partial charge in [-0.2, -0.15) is 18.3 Å². The number of benzene rings is 1. The number of hydrogen-bond donors (Lipinski definition) is 2. The van der Waals surface area contributed by atoms with Crippen molar-refractivity contribution in [3.05, 3.63) is 71.2 Å². The number of alkyl halides is 3. The first-order valence-corrected chi connectivity index (χ1v) is 10.6. The first kappa shape index (κ1) is 22.1. The van der Waals surface area contributed by atoms with Gasteiger partial charge in [-0.3, -0.25) is 10.00 Å². The Hall–Kier alpha value is -3.07. The highest BCUT2D eigenvalue weighted by atomic mass is 19.4. The van der Waals surface area contributed by atoms with Gasteiger partial charge in [-0.1, -0.05) is 6.07 Å². The van der Waals surface area contributed by atoms with Crippen molar-refractivity contribution in [1.29, 1.82) is 0 Å². The Balaban J connectivity index is 1.33. The highest BCUT2D eigenvalue weighted by Gasteiger charge is 2.30. The van der Waals surface area contributed by atoms with E-state index in [1.54, 1.807) is 6.20 Å². The number of rotatable bonds is 8. The van der Waals surface area contributed by atoms with Crippen LogP contribution in [0.2, 0.25) is 0 Å². The molecule has 0 aliphatic carbocycles.